The molecule has 3 nitrogen and oxygen atoms in total. The highest BCUT2D eigenvalue weighted by Crippen LogP contribution is 2.39. The Labute approximate surface area is 164 Å². The quantitative estimate of drug-likeness (QED) is 0.590. The van der Waals surface area contributed by atoms with Gasteiger partial charge in [0, 0.05) is 6.42 Å². The number of rotatable bonds is 3. The van der Waals surface area contributed by atoms with Crippen LogP contribution in [0.25, 0.3) is 0 Å². The van der Waals surface area contributed by atoms with Crippen molar-refractivity contribution in [2.45, 2.75) is 27.4 Å². The predicted octanol–water partition coefficient (Wildman–Crippen LogP) is 5.62. The summed E-state index contributed by atoms with van der Waals surface area (Å²) < 4.78 is -3.65. The van der Waals surface area contributed by atoms with Crippen LogP contribution >= 0.6 is 69.6 Å². The number of halogens is 6. The van der Waals surface area contributed by atoms with Crippen LogP contribution < -0.4 is 0 Å². The largest absolute Gasteiger partial charge is 0.250 e. The third-order valence-corrected chi connectivity index (χ3v) is 3.96. The van der Waals surface area contributed by atoms with Gasteiger partial charge in [-0.15, -0.1) is 0 Å². The minimum Gasteiger partial charge on any atom is -0.213 e. The van der Waals surface area contributed by atoms with E-state index in [1.807, 2.05) is 31.2 Å². The Kier molecular flexibility index (Phi) is 6.26. The van der Waals surface area contributed by atoms with E-state index in [1.54, 1.807) is 0 Å². The third kappa shape index (κ3) is 5.77. The molecule has 9 heteroatoms. The van der Waals surface area contributed by atoms with E-state index >= 15 is 0 Å². The van der Waals surface area contributed by atoms with Gasteiger partial charge in [-0.05, 0) is 18.9 Å². The summed E-state index contributed by atoms with van der Waals surface area (Å²) in [6, 6.07) is 8.12. The van der Waals surface area contributed by atoms with Crippen LogP contribution in [0.2, 0.25) is 0 Å². The van der Waals surface area contributed by atoms with Crippen LogP contribution in [0.1, 0.15) is 28.6 Å². The lowest BCUT2D eigenvalue weighted by Crippen LogP contribution is -2.18. The Hall–Kier alpha value is -0.0300. The van der Waals surface area contributed by atoms with Gasteiger partial charge >= 0.3 is 0 Å². The third-order valence-electron chi connectivity index (χ3n) is 2.95. The van der Waals surface area contributed by atoms with Crippen LogP contribution in [0.4, 0.5) is 0 Å². The Morgan fingerprint density at radius 1 is 0.739 bits per heavy atom. The van der Waals surface area contributed by atoms with E-state index in [4.69, 9.17) is 69.6 Å². The summed E-state index contributed by atoms with van der Waals surface area (Å²) in [7, 11) is 0. The average Bonchev–Trinajstić information content (AvgIpc) is 2.44. The maximum atomic E-state index is 5.84. The van der Waals surface area contributed by atoms with Crippen LogP contribution in [-0.2, 0) is 20.4 Å². The van der Waals surface area contributed by atoms with Gasteiger partial charge in [0.2, 0.25) is 7.59 Å². The predicted molar refractivity (Wildman–Crippen MR) is 96.9 cm³/mol. The lowest BCUT2D eigenvalue weighted by Gasteiger charge is -2.15. The highest BCUT2D eigenvalue weighted by Gasteiger charge is 2.33. The zero-order chi connectivity index (χ0) is 17.3. The number of nitrogens with zero attached hydrogens (tertiary/aromatic N) is 3. The molecule has 1 aromatic heterocycles. The Morgan fingerprint density at radius 2 is 1.22 bits per heavy atom. The molecule has 2 rings (SSSR count). The van der Waals surface area contributed by atoms with E-state index in [2.05, 4.69) is 15.0 Å². The van der Waals surface area contributed by atoms with Crippen LogP contribution in [0.15, 0.2) is 24.3 Å². The van der Waals surface area contributed by atoms with Gasteiger partial charge < -0.3 is 0 Å². The normalized spacial score (nSPS) is 12.5. The van der Waals surface area contributed by atoms with E-state index in [-0.39, 0.29) is 11.6 Å². The minimum atomic E-state index is -1.83. The lowest BCUT2D eigenvalue weighted by molar-refractivity contribution is 0.759. The van der Waals surface area contributed by atoms with Crippen molar-refractivity contribution < 1.29 is 0 Å². The van der Waals surface area contributed by atoms with Gasteiger partial charge in [0.15, 0.2) is 11.6 Å². The summed E-state index contributed by atoms with van der Waals surface area (Å²) >= 11 is 35.0. The fraction of sp³-hybridized carbons (Fsp3) is 0.357. The molecule has 0 aliphatic carbocycles. The van der Waals surface area contributed by atoms with E-state index in [1.165, 1.54) is 5.56 Å². The Balaban J connectivity index is 2.28. The molecule has 0 unspecified atom stereocenters. The number of hydrogen-bond acceptors (Lipinski definition) is 3. The van der Waals surface area contributed by atoms with Crippen LogP contribution in [0.5, 0.6) is 0 Å². The summed E-state index contributed by atoms with van der Waals surface area (Å²) in [6.07, 6.45) is 1.19. The van der Waals surface area contributed by atoms with Crippen molar-refractivity contribution in [3.8, 4) is 0 Å². The fourth-order valence-corrected chi connectivity index (χ4v) is 2.30. The topological polar surface area (TPSA) is 38.7 Å². The first-order valence-electron chi connectivity index (χ1n) is 6.50. The van der Waals surface area contributed by atoms with E-state index in [0.29, 0.717) is 18.7 Å². The van der Waals surface area contributed by atoms with Gasteiger partial charge in [0.1, 0.15) is 5.82 Å². The number of benzene rings is 1. The molecular formula is C14H11Cl6N3. The minimum absolute atomic E-state index is 0.0715. The summed E-state index contributed by atoms with van der Waals surface area (Å²) in [5.41, 5.74) is 2.31. The van der Waals surface area contributed by atoms with Crippen LogP contribution in [0, 0.1) is 6.92 Å². The second-order valence-electron chi connectivity index (χ2n) is 4.88. The molecule has 124 valence electrons. The molecule has 0 atom stereocenters. The molecule has 0 fully saturated rings. The van der Waals surface area contributed by atoms with Gasteiger partial charge in [0.05, 0.1) is 0 Å². The van der Waals surface area contributed by atoms with E-state index < -0.39 is 7.59 Å². The van der Waals surface area contributed by atoms with Gasteiger partial charge in [-0.3, -0.25) is 0 Å². The van der Waals surface area contributed by atoms with Gasteiger partial charge in [0.25, 0.3) is 0 Å². The number of alkyl halides is 6. The molecule has 0 radical (unpaired) electrons. The molecule has 0 aliphatic rings. The second-order valence-corrected chi connectivity index (χ2v) is 9.44. The van der Waals surface area contributed by atoms with Crippen molar-refractivity contribution in [2.75, 3.05) is 0 Å². The van der Waals surface area contributed by atoms with Crippen LogP contribution in [0.3, 0.4) is 0 Å². The molecule has 0 saturated heterocycles. The zero-order valence-corrected chi connectivity index (χ0v) is 16.4. The monoisotopic (exact) mass is 431 g/mol. The maximum absolute atomic E-state index is 5.84. The van der Waals surface area contributed by atoms with E-state index in [0.717, 1.165) is 5.56 Å². The lowest BCUT2D eigenvalue weighted by atomic mass is 10.1. The zero-order valence-electron chi connectivity index (χ0n) is 11.8. The van der Waals surface area contributed by atoms with Crippen molar-refractivity contribution in [2.24, 2.45) is 0 Å². The number of hydrogen-bond donors (Lipinski definition) is 0. The average molecular weight is 434 g/mol. The number of aryl methyl sites for hydroxylation is 3. The molecule has 0 saturated carbocycles. The summed E-state index contributed by atoms with van der Waals surface area (Å²) in [5, 5.41) is 0. The molecule has 1 aromatic carbocycles. The van der Waals surface area contributed by atoms with Crippen molar-refractivity contribution in [1.29, 1.82) is 0 Å². The summed E-state index contributed by atoms with van der Waals surface area (Å²) in [6.45, 7) is 2.02. The second kappa shape index (κ2) is 7.47. The molecule has 0 amide bonds. The van der Waals surface area contributed by atoms with Crippen molar-refractivity contribution >= 4 is 69.6 Å². The van der Waals surface area contributed by atoms with Gasteiger partial charge in [-0.1, -0.05) is 99.4 Å². The first-order valence-corrected chi connectivity index (χ1v) is 8.77. The molecular weight excluding hydrogens is 423 g/mol. The highest BCUT2D eigenvalue weighted by molar-refractivity contribution is 6.67. The van der Waals surface area contributed by atoms with Crippen molar-refractivity contribution in [3.05, 3.63) is 52.9 Å². The fourth-order valence-electron chi connectivity index (χ4n) is 1.80. The van der Waals surface area contributed by atoms with Crippen molar-refractivity contribution in [3.63, 3.8) is 0 Å². The first kappa shape index (κ1) is 19.3. The smallest absolute Gasteiger partial charge is 0.213 e. The highest BCUT2D eigenvalue weighted by atomic mass is 35.6. The summed E-state index contributed by atoms with van der Waals surface area (Å²) in [4.78, 5) is 12.2. The molecule has 23 heavy (non-hydrogen) atoms. The number of aromatic nitrogens is 3. The van der Waals surface area contributed by atoms with Crippen LogP contribution in [-0.4, -0.2) is 15.0 Å². The van der Waals surface area contributed by atoms with Gasteiger partial charge in [-0.2, -0.15) is 0 Å². The van der Waals surface area contributed by atoms with Gasteiger partial charge in [-0.25, -0.2) is 15.0 Å². The standard InChI is InChI=1S/C14H11Cl6N3/c1-8-2-4-9(5-3-8)6-7-10-21-11(13(15,16)17)23-12(22-10)14(18,19)20/h2-5H,6-7H2,1H3. The molecule has 1 heterocycles. The molecule has 0 spiro atoms. The summed E-state index contributed by atoms with van der Waals surface area (Å²) in [5.74, 6) is 0.249. The SMILES string of the molecule is Cc1ccc(CCc2nc(C(Cl)(Cl)Cl)nc(C(Cl)(Cl)Cl)n2)cc1. The maximum Gasteiger partial charge on any atom is 0.250 e. The Bertz CT molecular complexity index is 644. The molecule has 0 bridgehead atoms. The molecule has 0 N–H and O–H groups in total. The first-order chi connectivity index (χ1) is 10.6. The van der Waals surface area contributed by atoms with E-state index in [9.17, 15) is 0 Å². The van der Waals surface area contributed by atoms with Crippen molar-refractivity contribution in [1.82, 2.24) is 15.0 Å². The molecule has 2 aromatic rings. The molecule has 0 aliphatic heterocycles. The Morgan fingerprint density at radius 3 is 1.65 bits per heavy atom.